The van der Waals surface area contributed by atoms with E-state index in [1.54, 1.807) is 49.4 Å². The van der Waals surface area contributed by atoms with Crippen molar-refractivity contribution in [2.75, 3.05) is 7.11 Å². The van der Waals surface area contributed by atoms with Crippen LogP contribution in [0.3, 0.4) is 0 Å². The quantitative estimate of drug-likeness (QED) is 0.418. The molecular formula is C26H25F2NO5. The van der Waals surface area contributed by atoms with E-state index in [4.69, 9.17) is 9.47 Å². The van der Waals surface area contributed by atoms with Crippen LogP contribution in [0.1, 0.15) is 34.8 Å². The second-order valence-electron chi connectivity index (χ2n) is 7.66. The van der Waals surface area contributed by atoms with Gasteiger partial charge in [-0.2, -0.15) is 0 Å². The van der Waals surface area contributed by atoms with Crippen LogP contribution < -0.4 is 14.8 Å². The van der Waals surface area contributed by atoms with Crippen molar-refractivity contribution in [3.05, 3.63) is 89.0 Å². The molecule has 0 spiro atoms. The van der Waals surface area contributed by atoms with Gasteiger partial charge in [0.1, 0.15) is 11.5 Å². The Hall–Kier alpha value is -3.94. The lowest BCUT2D eigenvalue weighted by atomic mass is 9.95. The molecule has 1 atom stereocenters. The SMILES string of the molecule is CC[C@@H](Cc1ccc(OC)c(C(=O)NCc2ccc(Oc3c(F)cccc3F)cc2)c1)C(=O)O. The van der Waals surface area contributed by atoms with Gasteiger partial charge in [-0.25, -0.2) is 8.78 Å². The summed E-state index contributed by atoms with van der Waals surface area (Å²) in [5.41, 5.74) is 1.76. The molecule has 1 amide bonds. The average molecular weight is 469 g/mol. The Kier molecular flexibility index (Phi) is 8.19. The zero-order valence-corrected chi connectivity index (χ0v) is 18.8. The Labute approximate surface area is 196 Å². The first-order chi connectivity index (χ1) is 16.3. The first-order valence-corrected chi connectivity index (χ1v) is 10.7. The van der Waals surface area contributed by atoms with Gasteiger partial charge in [0.15, 0.2) is 17.4 Å². The Morgan fingerprint density at radius 3 is 2.24 bits per heavy atom. The molecule has 0 aromatic heterocycles. The monoisotopic (exact) mass is 469 g/mol. The van der Waals surface area contributed by atoms with Crippen molar-refractivity contribution >= 4 is 11.9 Å². The highest BCUT2D eigenvalue weighted by Gasteiger charge is 2.19. The Morgan fingerprint density at radius 1 is 1.00 bits per heavy atom. The molecule has 0 radical (unpaired) electrons. The van der Waals surface area contributed by atoms with Crippen LogP contribution >= 0.6 is 0 Å². The van der Waals surface area contributed by atoms with Gasteiger partial charge in [-0.1, -0.05) is 31.2 Å². The van der Waals surface area contributed by atoms with E-state index in [1.165, 1.54) is 13.2 Å². The van der Waals surface area contributed by atoms with E-state index in [9.17, 15) is 23.5 Å². The molecule has 0 bridgehead atoms. The molecule has 178 valence electrons. The van der Waals surface area contributed by atoms with Crippen molar-refractivity contribution < 1.29 is 33.0 Å². The molecule has 6 nitrogen and oxygen atoms in total. The van der Waals surface area contributed by atoms with Gasteiger partial charge >= 0.3 is 5.97 Å². The van der Waals surface area contributed by atoms with Crippen molar-refractivity contribution in [3.63, 3.8) is 0 Å². The summed E-state index contributed by atoms with van der Waals surface area (Å²) < 4.78 is 38.1. The summed E-state index contributed by atoms with van der Waals surface area (Å²) in [4.78, 5) is 24.2. The molecule has 0 unspecified atom stereocenters. The molecule has 2 N–H and O–H groups in total. The van der Waals surface area contributed by atoms with Crippen molar-refractivity contribution in [2.45, 2.75) is 26.3 Å². The summed E-state index contributed by atoms with van der Waals surface area (Å²) in [6, 6.07) is 14.9. The number of aliphatic carboxylic acids is 1. The summed E-state index contributed by atoms with van der Waals surface area (Å²) >= 11 is 0. The van der Waals surface area contributed by atoms with Crippen LogP contribution in [0, 0.1) is 17.6 Å². The highest BCUT2D eigenvalue weighted by Crippen LogP contribution is 2.27. The maximum atomic E-state index is 13.8. The zero-order chi connectivity index (χ0) is 24.7. The number of carboxylic acid groups (broad SMARTS) is 1. The minimum atomic E-state index is -0.880. The van der Waals surface area contributed by atoms with E-state index in [1.807, 2.05) is 0 Å². The molecular weight excluding hydrogens is 444 g/mol. The maximum Gasteiger partial charge on any atom is 0.306 e. The van der Waals surface area contributed by atoms with Gasteiger partial charge in [0, 0.05) is 6.54 Å². The fourth-order valence-corrected chi connectivity index (χ4v) is 3.40. The number of hydrogen-bond donors (Lipinski definition) is 2. The number of para-hydroxylation sites is 1. The van der Waals surface area contributed by atoms with Gasteiger partial charge in [0.25, 0.3) is 5.91 Å². The number of carbonyl (C=O) groups is 2. The Balaban J connectivity index is 1.67. The van der Waals surface area contributed by atoms with Gasteiger partial charge in [-0.05, 0) is 60.4 Å². The molecule has 8 heteroatoms. The van der Waals surface area contributed by atoms with Crippen LogP contribution in [-0.2, 0) is 17.8 Å². The van der Waals surface area contributed by atoms with Crippen molar-refractivity contribution in [1.82, 2.24) is 5.32 Å². The second-order valence-corrected chi connectivity index (χ2v) is 7.66. The molecule has 34 heavy (non-hydrogen) atoms. The van der Waals surface area contributed by atoms with Crippen molar-refractivity contribution in [2.24, 2.45) is 5.92 Å². The number of methoxy groups -OCH3 is 1. The number of halogens is 2. The Bertz CT molecular complexity index is 1140. The van der Waals surface area contributed by atoms with Gasteiger partial charge in [-0.15, -0.1) is 0 Å². The fourth-order valence-electron chi connectivity index (χ4n) is 3.40. The van der Waals surface area contributed by atoms with E-state index in [0.717, 1.165) is 23.3 Å². The van der Waals surface area contributed by atoms with Crippen LogP contribution in [0.5, 0.6) is 17.2 Å². The number of rotatable bonds is 10. The average Bonchev–Trinajstić information content (AvgIpc) is 2.83. The van der Waals surface area contributed by atoms with Crippen molar-refractivity contribution in [1.29, 1.82) is 0 Å². The molecule has 3 aromatic carbocycles. The summed E-state index contributed by atoms with van der Waals surface area (Å²) in [5, 5.41) is 12.1. The molecule has 0 saturated carbocycles. The van der Waals surface area contributed by atoms with Gasteiger partial charge < -0.3 is 19.9 Å². The molecule has 3 rings (SSSR count). The molecule has 0 fully saturated rings. The van der Waals surface area contributed by atoms with Gasteiger partial charge in [-0.3, -0.25) is 9.59 Å². The maximum absolute atomic E-state index is 13.8. The van der Waals surface area contributed by atoms with E-state index >= 15 is 0 Å². The predicted octanol–water partition coefficient (Wildman–Crippen LogP) is 5.35. The van der Waals surface area contributed by atoms with Crippen LogP contribution in [0.15, 0.2) is 60.7 Å². The molecule has 0 aliphatic carbocycles. The third kappa shape index (κ3) is 6.10. The normalized spacial score (nSPS) is 11.5. The molecule has 0 heterocycles. The van der Waals surface area contributed by atoms with Crippen LogP contribution in [-0.4, -0.2) is 24.1 Å². The predicted molar refractivity (Wildman–Crippen MR) is 122 cm³/mol. The second kappa shape index (κ2) is 11.3. The lowest BCUT2D eigenvalue weighted by Crippen LogP contribution is -2.24. The van der Waals surface area contributed by atoms with E-state index in [2.05, 4.69) is 5.32 Å². The number of nitrogens with one attached hydrogen (secondary N) is 1. The lowest BCUT2D eigenvalue weighted by molar-refractivity contribution is -0.141. The summed E-state index contributed by atoms with van der Waals surface area (Å²) in [6.07, 6.45) is 0.784. The summed E-state index contributed by atoms with van der Waals surface area (Å²) in [7, 11) is 1.45. The Morgan fingerprint density at radius 2 is 1.65 bits per heavy atom. The van der Waals surface area contributed by atoms with Crippen LogP contribution in [0.2, 0.25) is 0 Å². The highest BCUT2D eigenvalue weighted by molar-refractivity contribution is 5.97. The molecule has 0 aliphatic rings. The molecule has 3 aromatic rings. The highest BCUT2D eigenvalue weighted by atomic mass is 19.1. The number of amides is 1. The molecule has 0 saturated heterocycles. The number of hydrogen-bond acceptors (Lipinski definition) is 4. The third-order valence-corrected chi connectivity index (χ3v) is 5.35. The first-order valence-electron chi connectivity index (χ1n) is 10.7. The van der Waals surface area contributed by atoms with Gasteiger partial charge in [0.05, 0.1) is 18.6 Å². The van der Waals surface area contributed by atoms with Crippen LogP contribution in [0.25, 0.3) is 0 Å². The van der Waals surface area contributed by atoms with E-state index < -0.39 is 29.3 Å². The smallest absolute Gasteiger partial charge is 0.306 e. The standard InChI is InChI=1S/C26H25F2NO5/c1-3-18(26(31)32)13-17-9-12-23(33-2)20(14-17)25(30)29-15-16-7-10-19(11-8-16)34-24-21(27)5-4-6-22(24)28/h4-12,14,18H,3,13,15H2,1-2H3,(H,29,30)(H,31,32)/t18-/m0/s1. The number of benzene rings is 3. The minimum Gasteiger partial charge on any atom is -0.496 e. The lowest BCUT2D eigenvalue weighted by Gasteiger charge is -2.14. The van der Waals surface area contributed by atoms with E-state index in [0.29, 0.717) is 24.2 Å². The van der Waals surface area contributed by atoms with Gasteiger partial charge in [0.2, 0.25) is 0 Å². The molecule has 0 aliphatic heterocycles. The number of carbonyl (C=O) groups excluding carboxylic acids is 1. The van der Waals surface area contributed by atoms with E-state index in [-0.39, 0.29) is 18.2 Å². The zero-order valence-electron chi connectivity index (χ0n) is 18.8. The topological polar surface area (TPSA) is 84.9 Å². The van der Waals surface area contributed by atoms with Crippen molar-refractivity contribution in [3.8, 4) is 17.2 Å². The number of carboxylic acids is 1. The minimum absolute atomic E-state index is 0.188. The largest absolute Gasteiger partial charge is 0.496 e. The first kappa shape index (κ1) is 24.7. The van der Waals surface area contributed by atoms with Crippen LogP contribution in [0.4, 0.5) is 8.78 Å². The summed E-state index contributed by atoms with van der Waals surface area (Å²) in [6.45, 7) is 1.99. The number of ether oxygens (including phenoxy) is 2. The fraction of sp³-hybridized carbons (Fsp3) is 0.231. The summed E-state index contributed by atoms with van der Waals surface area (Å²) in [5.74, 6) is -3.27. The third-order valence-electron chi connectivity index (χ3n) is 5.35.